The van der Waals surface area contributed by atoms with E-state index in [4.69, 9.17) is 4.74 Å². The number of carbonyl (C=O) groups is 2. The second-order valence-corrected chi connectivity index (χ2v) is 7.67. The Morgan fingerprint density at radius 2 is 1.93 bits per heavy atom. The number of unbranched alkanes of at least 4 members (excludes halogenated alkanes) is 2. The molecule has 2 aromatic carbocycles. The minimum absolute atomic E-state index is 0.0637. The van der Waals surface area contributed by atoms with Crippen molar-refractivity contribution in [2.45, 2.75) is 32.2 Å². The van der Waals surface area contributed by atoms with Crippen LogP contribution >= 0.6 is 15.9 Å². The van der Waals surface area contributed by atoms with Gasteiger partial charge in [-0.1, -0.05) is 40.5 Å². The number of nitrogens with one attached hydrogen (secondary N) is 1. The molecule has 0 spiro atoms. The van der Waals surface area contributed by atoms with Crippen molar-refractivity contribution >= 4 is 38.8 Å². The molecule has 1 heterocycles. The third-order valence-electron chi connectivity index (χ3n) is 4.70. The van der Waals surface area contributed by atoms with Crippen LogP contribution in [0.2, 0.25) is 0 Å². The van der Waals surface area contributed by atoms with Crippen LogP contribution in [0, 0.1) is 0 Å². The van der Waals surface area contributed by atoms with E-state index in [2.05, 4.69) is 26.2 Å². The van der Waals surface area contributed by atoms with Gasteiger partial charge in [-0.05, 0) is 43.2 Å². The topological polar surface area (TPSA) is 73.2 Å². The smallest absolute Gasteiger partial charge is 0.325 e. The maximum Gasteiger partial charge on any atom is 0.325 e. The van der Waals surface area contributed by atoms with Crippen LogP contribution in [0.4, 0.5) is 0 Å². The fraction of sp³-hybridized carbons (Fsp3) is 0.318. The minimum atomic E-state index is -0.287. The van der Waals surface area contributed by atoms with E-state index in [1.807, 2.05) is 41.0 Å². The Balaban J connectivity index is 1.49. The predicted molar refractivity (Wildman–Crippen MR) is 116 cm³/mol. The van der Waals surface area contributed by atoms with E-state index in [1.54, 1.807) is 12.1 Å². The van der Waals surface area contributed by atoms with E-state index >= 15 is 0 Å². The van der Waals surface area contributed by atoms with Crippen LogP contribution in [-0.4, -0.2) is 35.1 Å². The maximum atomic E-state index is 12.1. The highest BCUT2D eigenvalue weighted by molar-refractivity contribution is 9.10. The number of carbonyl (C=O) groups excluding carboxylic acids is 2. The second-order valence-electron chi connectivity index (χ2n) is 6.76. The Kier molecular flexibility index (Phi) is 7.41. The molecule has 3 rings (SSSR count). The standard InChI is InChI=1S/C22H24BrN3O3/c1-29-21(27)15-26-19-11-5-4-10-18(19)25-20(26)12-3-2-6-13-24-22(28)16-8-7-9-17(23)14-16/h4-5,7-11,14H,2-3,6,12-13,15H2,1H3,(H,24,28). The highest BCUT2D eigenvalue weighted by atomic mass is 79.9. The minimum Gasteiger partial charge on any atom is -0.468 e. The number of para-hydroxylation sites is 2. The summed E-state index contributed by atoms with van der Waals surface area (Å²) < 4.78 is 7.64. The lowest BCUT2D eigenvalue weighted by molar-refractivity contribution is -0.141. The van der Waals surface area contributed by atoms with Gasteiger partial charge >= 0.3 is 5.97 Å². The quantitative estimate of drug-likeness (QED) is 0.387. The first kappa shape index (κ1) is 21.0. The first-order chi connectivity index (χ1) is 14.1. The number of benzene rings is 2. The molecule has 7 heteroatoms. The molecule has 1 N–H and O–H groups in total. The van der Waals surface area contributed by atoms with Crippen molar-refractivity contribution in [3.63, 3.8) is 0 Å². The van der Waals surface area contributed by atoms with Crippen molar-refractivity contribution in [2.75, 3.05) is 13.7 Å². The van der Waals surface area contributed by atoms with Gasteiger partial charge in [0.2, 0.25) is 0 Å². The van der Waals surface area contributed by atoms with E-state index < -0.39 is 0 Å². The van der Waals surface area contributed by atoms with Crippen LogP contribution in [0.25, 0.3) is 11.0 Å². The number of ether oxygens (including phenoxy) is 1. The fourth-order valence-electron chi connectivity index (χ4n) is 3.20. The predicted octanol–water partition coefficient (Wildman–Crippen LogP) is 4.11. The molecule has 0 unspecified atom stereocenters. The summed E-state index contributed by atoms with van der Waals surface area (Å²) in [5.41, 5.74) is 2.47. The van der Waals surface area contributed by atoms with Gasteiger partial charge in [-0.15, -0.1) is 0 Å². The van der Waals surface area contributed by atoms with Crippen molar-refractivity contribution < 1.29 is 14.3 Å². The summed E-state index contributed by atoms with van der Waals surface area (Å²) in [4.78, 5) is 28.6. The van der Waals surface area contributed by atoms with Crippen molar-refractivity contribution in [1.29, 1.82) is 0 Å². The van der Waals surface area contributed by atoms with Crippen LogP contribution in [0.1, 0.15) is 35.4 Å². The third-order valence-corrected chi connectivity index (χ3v) is 5.19. The van der Waals surface area contributed by atoms with E-state index in [1.165, 1.54) is 7.11 Å². The van der Waals surface area contributed by atoms with Crippen molar-refractivity contribution in [2.24, 2.45) is 0 Å². The summed E-state index contributed by atoms with van der Waals surface area (Å²) in [6.07, 6.45) is 3.54. The zero-order chi connectivity index (χ0) is 20.6. The van der Waals surface area contributed by atoms with Gasteiger partial charge in [-0.2, -0.15) is 0 Å². The zero-order valence-corrected chi connectivity index (χ0v) is 17.9. The molecular weight excluding hydrogens is 434 g/mol. The number of esters is 1. The number of hydrogen-bond donors (Lipinski definition) is 1. The van der Waals surface area contributed by atoms with Gasteiger partial charge < -0.3 is 14.6 Å². The number of fused-ring (bicyclic) bond motifs is 1. The molecule has 29 heavy (non-hydrogen) atoms. The molecular formula is C22H24BrN3O3. The number of hydrogen-bond acceptors (Lipinski definition) is 4. The van der Waals surface area contributed by atoms with Crippen LogP contribution in [0.15, 0.2) is 53.0 Å². The number of aryl methyl sites for hydroxylation is 1. The van der Waals surface area contributed by atoms with Gasteiger partial charge in [0.1, 0.15) is 12.4 Å². The SMILES string of the molecule is COC(=O)Cn1c(CCCCCNC(=O)c2cccc(Br)c2)nc2ccccc21. The summed E-state index contributed by atoms with van der Waals surface area (Å²) in [5.74, 6) is 0.533. The van der Waals surface area contributed by atoms with E-state index in [9.17, 15) is 9.59 Å². The average Bonchev–Trinajstić information content (AvgIpc) is 3.07. The third kappa shape index (κ3) is 5.67. The molecule has 0 saturated heterocycles. The molecule has 1 aromatic heterocycles. The Labute approximate surface area is 178 Å². The molecule has 0 aliphatic carbocycles. The molecule has 0 atom stereocenters. The summed E-state index contributed by atoms with van der Waals surface area (Å²) in [6, 6.07) is 15.1. The molecule has 0 aliphatic rings. The lowest BCUT2D eigenvalue weighted by Crippen LogP contribution is -2.24. The highest BCUT2D eigenvalue weighted by Crippen LogP contribution is 2.18. The number of nitrogens with zero attached hydrogens (tertiary/aromatic N) is 2. The van der Waals surface area contributed by atoms with Crippen molar-refractivity contribution in [1.82, 2.24) is 14.9 Å². The van der Waals surface area contributed by atoms with Gasteiger partial charge in [0.15, 0.2) is 0 Å². The molecule has 1 amide bonds. The Bertz CT molecular complexity index is 1000. The number of rotatable bonds is 9. The molecule has 0 radical (unpaired) electrons. The monoisotopic (exact) mass is 457 g/mol. The number of halogens is 1. The van der Waals surface area contributed by atoms with Gasteiger partial charge in [0.05, 0.1) is 18.1 Å². The summed E-state index contributed by atoms with van der Waals surface area (Å²) >= 11 is 3.38. The molecule has 0 fully saturated rings. The second kappa shape index (κ2) is 10.2. The van der Waals surface area contributed by atoms with E-state index in [0.29, 0.717) is 12.1 Å². The number of amides is 1. The zero-order valence-electron chi connectivity index (χ0n) is 16.4. The first-order valence-corrected chi connectivity index (χ1v) is 10.4. The Morgan fingerprint density at radius 1 is 1.10 bits per heavy atom. The van der Waals surface area contributed by atoms with Crippen LogP contribution in [-0.2, 0) is 22.5 Å². The maximum absolute atomic E-state index is 12.1. The lowest BCUT2D eigenvalue weighted by Gasteiger charge is -2.08. The highest BCUT2D eigenvalue weighted by Gasteiger charge is 2.13. The Hall–Kier alpha value is -2.67. The van der Waals surface area contributed by atoms with Crippen LogP contribution in [0.3, 0.4) is 0 Å². The molecule has 152 valence electrons. The molecule has 0 saturated carbocycles. The Morgan fingerprint density at radius 3 is 2.72 bits per heavy atom. The molecule has 3 aromatic rings. The van der Waals surface area contributed by atoms with Crippen molar-refractivity contribution in [3.8, 4) is 0 Å². The van der Waals surface area contributed by atoms with Gasteiger partial charge in [0.25, 0.3) is 5.91 Å². The van der Waals surface area contributed by atoms with E-state index in [-0.39, 0.29) is 18.4 Å². The number of aromatic nitrogens is 2. The fourth-order valence-corrected chi connectivity index (χ4v) is 3.60. The van der Waals surface area contributed by atoms with Crippen molar-refractivity contribution in [3.05, 3.63) is 64.4 Å². The van der Waals surface area contributed by atoms with Gasteiger partial charge in [-0.25, -0.2) is 4.98 Å². The molecule has 0 bridgehead atoms. The van der Waals surface area contributed by atoms with Crippen LogP contribution < -0.4 is 5.32 Å². The summed E-state index contributed by atoms with van der Waals surface area (Å²) in [7, 11) is 1.39. The molecule has 6 nitrogen and oxygen atoms in total. The largest absolute Gasteiger partial charge is 0.468 e. The summed E-state index contributed by atoms with van der Waals surface area (Å²) in [5, 5.41) is 2.95. The average molecular weight is 458 g/mol. The number of imidazole rings is 1. The van der Waals surface area contributed by atoms with Crippen LogP contribution in [0.5, 0.6) is 0 Å². The first-order valence-electron chi connectivity index (χ1n) is 9.63. The number of methoxy groups -OCH3 is 1. The van der Waals surface area contributed by atoms with Gasteiger partial charge in [0, 0.05) is 23.0 Å². The lowest BCUT2D eigenvalue weighted by atomic mass is 10.1. The van der Waals surface area contributed by atoms with Gasteiger partial charge in [-0.3, -0.25) is 9.59 Å². The normalized spacial score (nSPS) is 10.8. The van der Waals surface area contributed by atoms with E-state index in [0.717, 1.165) is 47.0 Å². The summed E-state index contributed by atoms with van der Waals surface area (Å²) in [6.45, 7) is 0.791. The molecule has 0 aliphatic heterocycles.